The topological polar surface area (TPSA) is 112 Å². The van der Waals surface area contributed by atoms with Crippen LogP contribution in [0.2, 0.25) is 0 Å². The molecule has 0 saturated heterocycles. The number of fused-ring (bicyclic) bond motifs is 1. The zero-order valence-corrected chi connectivity index (χ0v) is 25.2. The number of carbonyl (C=O) groups is 3. The van der Waals surface area contributed by atoms with Crippen molar-refractivity contribution in [2.75, 3.05) is 13.2 Å². The molecule has 11 heteroatoms. The molecule has 4 rings (SSSR count). The molecule has 0 N–H and O–H groups in total. The summed E-state index contributed by atoms with van der Waals surface area (Å²) in [7, 11) is 0. The molecule has 0 bridgehead atoms. The van der Waals surface area contributed by atoms with Gasteiger partial charge in [-0.2, -0.15) is 9.65 Å². The third-order valence-corrected chi connectivity index (χ3v) is 6.93. The van der Waals surface area contributed by atoms with Crippen LogP contribution >= 0.6 is 0 Å². The quantitative estimate of drug-likeness (QED) is 0.0564. The zero-order chi connectivity index (χ0) is 33.8. The van der Waals surface area contributed by atoms with Crippen molar-refractivity contribution in [2.45, 2.75) is 38.5 Å². The molecule has 8 nitrogen and oxygen atoms in total. The van der Waals surface area contributed by atoms with E-state index in [1.807, 2.05) is 6.07 Å². The van der Waals surface area contributed by atoms with Gasteiger partial charge in [-0.1, -0.05) is 24.8 Å². The number of aryl methyl sites for hydroxylation is 1. The highest BCUT2D eigenvalue weighted by Gasteiger charge is 2.19. The highest BCUT2D eigenvalue weighted by Crippen LogP contribution is 2.27. The third-order valence-electron chi connectivity index (χ3n) is 6.93. The Morgan fingerprint density at radius 3 is 2.30 bits per heavy atom. The molecule has 0 atom stereocenters. The molecule has 0 aliphatic carbocycles. The van der Waals surface area contributed by atoms with E-state index in [4.69, 9.17) is 24.2 Å². The molecule has 0 fully saturated rings. The standard InChI is InChI=1S/C36H30F3NO7/c1-2-32(41)45-16-6-4-3-5-15-44-29-12-9-25-19-27(8-7-26(25)20-29)36(43)47-31-13-10-24(34(38)35(31)39)11-14-33(42)46-30-18-23(22-40)17-28(37)21-30/h2,7-10,12-13,17-21H,1,3-6,11,14-16H2. The Hall–Kier alpha value is -5.63. The molecule has 0 aliphatic rings. The molecule has 4 aromatic carbocycles. The number of hydrogen-bond acceptors (Lipinski definition) is 8. The van der Waals surface area contributed by atoms with Gasteiger partial charge in [0, 0.05) is 12.1 Å². The van der Waals surface area contributed by atoms with Crippen LogP contribution in [0.25, 0.3) is 10.8 Å². The first kappa shape index (κ1) is 34.2. The Morgan fingerprint density at radius 2 is 1.53 bits per heavy atom. The van der Waals surface area contributed by atoms with Crippen LogP contribution in [-0.4, -0.2) is 31.1 Å². The highest BCUT2D eigenvalue weighted by atomic mass is 19.2. The number of esters is 3. The normalized spacial score (nSPS) is 10.6. The first-order valence-electron chi connectivity index (χ1n) is 14.7. The van der Waals surface area contributed by atoms with Crippen LogP contribution in [0.5, 0.6) is 17.2 Å². The maximum absolute atomic E-state index is 14.8. The van der Waals surface area contributed by atoms with E-state index in [1.54, 1.807) is 30.3 Å². The van der Waals surface area contributed by atoms with Gasteiger partial charge in [-0.3, -0.25) is 4.79 Å². The van der Waals surface area contributed by atoms with Crippen LogP contribution in [0.15, 0.2) is 79.4 Å². The van der Waals surface area contributed by atoms with Crippen LogP contribution < -0.4 is 14.2 Å². The Bertz CT molecular complexity index is 1830. The zero-order valence-electron chi connectivity index (χ0n) is 25.2. The lowest BCUT2D eigenvalue weighted by Gasteiger charge is -2.10. The van der Waals surface area contributed by atoms with Gasteiger partial charge in [0.1, 0.15) is 17.3 Å². The van der Waals surface area contributed by atoms with Crippen molar-refractivity contribution >= 4 is 28.7 Å². The summed E-state index contributed by atoms with van der Waals surface area (Å²) in [5.74, 6) is -5.78. The molecule has 0 saturated carbocycles. The Kier molecular flexibility index (Phi) is 12.1. The molecule has 0 unspecified atom stereocenters. The van der Waals surface area contributed by atoms with Crippen LogP contribution in [0.4, 0.5) is 13.2 Å². The van der Waals surface area contributed by atoms with Crippen LogP contribution in [0.1, 0.15) is 53.6 Å². The van der Waals surface area contributed by atoms with Gasteiger partial charge in [-0.15, -0.1) is 0 Å². The minimum Gasteiger partial charge on any atom is -0.494 e. The van der Waals surface area contributed by atoms with Gasteiger partial charge in [0.25, 0.3) is 0 Å². The fourth-order valence-electron chi connectivity index (χ4n) is 4.53. The lowest BCUT2D eigenvalue weighted by Crippen LogP contribution is -2.12. The Morgan fingerprint density at radius 1 is 0.787 bits per heavy atom. The van der Waals surface area contributed by atoms with Crippen molar-refractivity contribution in [3.05, 3.63) is 114 Å². The molecule has 0 aromatic heterocycles. The van der Waals surface area contributed by atoms with Gasteiger partial charge in [-0.25, -0.2) is 18.4 Å². The van der Waals surface area contributed by atoms with E-state index in [1.165, 1.54) is 18.2 Å². The lowest BCUT2D eigenvalue weighted by atomic mass is 10.1. The summed E-state index contributed by atoms with van der Waals surface area (Å²) in [6.45, 7) is 4.21. The Labute approximate surface area is 268 Å². The summed E-state index contributed by atoms with van der Waals surface area (Å²) in [5.41, 5.74) is -0.0869. The number of nitriles is 1. The van der Waals surface area contributed by atoms with Gasteiger partial charge >= 0.3 is 17.9 Å². The average molecular weight is 646 g/mol. The number of halogens is 3. The predicted molar refractivity (Wildman–Crippen MR) is 165 cm³/mol. The van der Waals surface area contributed by atoms with Crippen molar-refractivity contribution in [1.29, 1.82) is 5.26 Å². The summed E-state index contributed by atoms with van der Waals surface area (Å²) in [5, 5.41) is 10.4. The van der Waals surface area contributed by atoms with Gasteiger partial charge in [0.05, 0.1) is 36.8 Å². The molecule has 47 heavy (non-hydrogen) atoms. The number of hydrogen-bond donors (Lipinski definition) is 0. The smallest absolute Gasteiger partial charge is 0.343 e. The maximum atomic E-state index is 14.8. The van der Waals surface area contributed by atoms with E-state index in [2.05, 4.69) is 6.58 Å². The fourth-order valence-corrected chi connectivity index (χ4v) is 4.53. The largest absolute Gasteiger partial charge is 0.494 e. The minimum absolute atomic E-state index is 0.0452. The molecule has 0 heterocycles. The van der Waals surface area contributed by atoms with E-state index < -0.39 is 41.1 Å². The minimum atomic E-state index is -1.40. The maximum Gasteiger partial charge on any atom is 0.343 e. The molecule has 242 valence electrons. The van der Waals surface area contributed by atoms with Crippen molar-refractivity contribution in [2.24, 2.45) is 0 Å². The lowest BCUT2D eigenvalue weighted by molar-refractivity contribution is -0.138. The summed E-state index contributed by atoms with van der Waals surface area (Å²) in [6, 6.07) is 17.2. The van der Waals surface area contributed by atoms with Gasteiger partial charge in [0.15, 0.2) is 11.6 Å². The SMILES string of the molecule is C=CC(=O)OCCCCCCOc1ccc2cc(C(=O)Oc3ccc(CCC(=O)Oc4cc(F)cc(C#N)c4)c(F)c3F)ccc2c1. The van der Waals surface area contributed by atoms with Crippen LogP contribution in [-0.2, 0) is 20.7 Å². The second-order valence-electron chi connectivity index (χ2n) is 10.4. The number of unbranched alkanes of at least 4 members (excludes halogenated alkanes) is 3. The van der Waals surface area contributed by atoms with E-state index in [-0.39, 0.29) is 35.3 Å². The highest BCUT2D eigenvalue weighted by molar-refractivity contribution is 5.96. The van der Waals surface area contributed by atoms with Crippen molar-refractivity contribution < 1.29 is 46.5 Å². The second kappa shape index (κ2) is 16.6. The summed E-state index contributed by atoms with van der Waals surface area (Å²) >= 11 is 0. The van der Waals surface area contributed by atoms with Gasteiger partial charge in [0.2, 0.25) is 5.82 Å². The molecule has 0 aliphatic heterocycles. The van der Waals surface area contributed by atoms with E-state index in [9.17, 15) is 27.6 Å². The summed E-state index contributed by atoms with van der Waals surface area (Å²) in [4.78, 5) is 36.0. The molecular weight excluding hydrogens is 615 g/mol. The molecular formula is C36H30F3NO7. The van der Waals surface area contributed by atoms with E-state index >= 15 is 0 Å². The molecule has 0 amide bonds. The predicted octanol–water partition coefficient (Wildman–Crippen LogP) is 7.55. The molecule has 0 radical (unpaired) electrons. The second-order valence-corrected chi connectivity index (χ2v) is 10.4. The fraction of sp³-hybridized carbons (Fsp3) is 0.222. The van der Waals surface area contributed by atoms with E-state index in [0.717, 1.165) is 55.3 Å². The number of nitrogens with zero attached hydrogens (tertiary/aromatic N) is 1. The van der Waals surface area contributed by atoms with Crippen molar-refractivity contribution in [3.8, 4) is 23.3 Å². The van der Waals surface area contributed by atoms with E-state index in [0.29, 0.717) is 24.3 Å². The number of benzene rings is 4. The number of ether oxygens (including phenoxy) is 4. The number of carbonyl (C=O) groups excluding carboxylic acids is 3. The average Bonchev–Trinajstić information content (AvgIpc) is 3.06. The van der Waals surface area contributed by atoms with Gasteiger partial charge in [-0.05, 0) is 90.9 Å². The first-order valence-corrected chi connectivity index (χ1v) is 14.7. The molecule has 0 spiro atoms. The summed E-state index contributed by atoms with van der Waals surface area (Å²) in [6.07, 6.45) is 3.91. The van der Waals surface area contributed by atoms with Crippen LogP contribution in [0.3, 0.4) is 0 Å². The van der Waals surface area contributed by atoms with Crippen LogP contribution in [0, 0.1) is 28.8 Å². The monoisotopic (exact) mass is 645 g/mol. The van der Waals surface area contributed by atoms with Crippen molar-refractivity contribution in [3.63, 3.8) is 0 Å². The Balaban J connectivity index is 1.27. The van der Waals surface area contributed by atoms with Gasteiger partial charge < -0.3 is 18.9 Å². The third kappa shape index (κ3) is 9.93. The molecule has 4 aromatic rings. The summed E-state index contributed by atoms with van der Waals surface area (Å²) < 4.78 is 64.0. The van der Waals surface area contributed by atoms with Crippen molar-refractivity contribution in [1.82, 2.24) is 0 Å². The first-order chi connectivity index (χ1) is 22.7. The number of rotatable bonds is 15.